The van der Waals surface area contributed by atoms with Gasteiger partial charge in [0.05, 0.1) is 6.61 Å². The summed E-state index contributed by atoms with van der Waals surface area (Å²) in [5.41, 5.74) is -3.89. The Balaban J connectivity index is 2.03. The van der Waals surface area contributed by atoms with Crippen LogP contribution in [0.15, 0.2) is 29.3 Å². The molecule has 3 rings (SSSR count). The Morgan fingerprint density at radius 1 is 1.35 bits per heavy atom. The summed E-state index contributed by atoms with van der Waals surface area (Å²) in [5, 5.41) is 21.9. The molecule has 2 N–H and O–H groups in total. The molecule has 6 heteroatoms. The molecule has 2 aliphatic rings. The zero-order chi connectivity index (χ0) is 16.8. The lowest BCUT2D eigenvalue weighted by atomic mass is 9.79. The van der Waals surface area contributed by atoms with E-state index >= 15 is 0 Å². The van der Waals surface area contributed by atoms with Crippen molar-refractivity contribution >= 4 is 17.5 Å². The fraction of sp³-hybridized carbons (Fsp3) is 0.471. The first-order valence-corrected chi connectivity index (χ1v) is 7.70. The van der Waals surface area contributed by atoms with E-state index < -0.39 is 29.0 Å². The number of hydrogen-bond donors (Lipinski definition) is 2. The van der Waals surface area contributed by atoms with Crippen LogP contribution in [0.5, 0.6) is 0 Å². The van der Waals surface area contributed by atoms with Crippen molar-refractivity contribution in [2.24, 2.45) is 10.9 Å². The summed E-state index contributed by atoms with van der Waals surface area (Å²) in [6.07, 6.45) is 1.54. The molecule has 0 saturated carbocycles. The standard InChI is InChI=1S/C17H19NO5/c1-3-4-9-23-15(20)13-10(2)18-17(22)12-8-6-5-7-11(12)14(19)16(13,17)21/h5-8,13,21-22H,3-4,9H2,1-2H3/t13-,16-,17+/m1/s1. The van der Waals surface area contributed by atoms with E-state index in [0.29, 0.717) is 6.42 Å². The molecule has 0 bridgehead atoms. The lowest BCUT2D eigenvalue weighted by molar-refractivity contribution is -0.165. The van der Waals surface area contributed by atoms with Crippen LogP contribution in [0.1, 0.15) is 42.6 Å². The van der Waals surface area contributed by atoms with Gasteiger partial charge in [-0.25, -0.2) is 0 Å². The molecule has 3 atom stereocenters. The van der Waals surface area contributed by atoms with Gasteiger partial charge in [-0.3, -0.25) is 14.6 Å². The van der Waals surface area contributed by atoms with Crippen LogP contribution in [0.4, 0.5) is 0 Å². The lowest BCUT2D eigenvalue weighted by Gasteiger charge is -2.31. The normalized spacial score (nSPS) is 31.6. The number of aliphatic imine (C=N–C) groups is 1. The topological polar surface area (TPSA) is 96.2 Å². The number of carbonyl (C=O) groups excluding carboxylic acids is 2. The first-order chi connectivity index (χ1) is 10.9. The van der Waals surface area contributed by atoms with Crippen molar-refractivity contribution in [1.29, 1.82) is 0 Å². The number of hydrogen-bond acceptors (Lipinski definition) is 6. The highest BCUT2D eigenvalue weighted by molar-refractivity contribution is 6.18. The molecule has 0 unspecified atom stereocenters. The van der Waals surface area contributed by atoms with Crippen LogP contribution in [0.25, 0.3) is 0 Å². The van der Waals surface area contributed by atoms with E-state index in [1.807, 2.05) is 6.92 Å². The number of ketones is 1. The summed E-state index contributed by atoms with van der Waals surface area (Å²) in [4.78, 5) is 29.2. The molecule has 0 aromatic heterocycles. The van der Waals surface area contributed by atoms with Crippen LogP contribution in [-0.4, -0.2) is 39.9 Å². The minimum atomic E-state index is -2.34. The fourth-order valence-corrected chi connectivity index (χ4v) is 3.40. The average molecular weight is 317 g/mol. The van der Waals surface area contributed by atoms with Gasteiger partial charge in [0.25, 0.3) is 0 Å². The first-order valence-electron chi connectivity index (χ1n) is 7.70. The van der Waals surface area contributed by atoms with Gasteiger partial charge in [-0.05, 0) is 13.3 Å². The maximum Gasteiger partial charge on any atom is 0.318 e. The van der Waals surface area contributed by atoms with Crippen LogP contribution < -0.4 is 0 Å². The molecule has 23 heavy (non-hydrogen) atoms. The van der Waals surface area contributed by atoms with Gasteiger partial charge in [-0.1, -0.05) is 37.6 Å². The first kappa shape index (κ1) is 15.8. The van der Waals surface area contributed by atoms with E-state index in [4.69, 9.17) is 4.74 Å². The Hall–Kier alpha value is -2.05. The summed E-state index contributed by atoms with van der Waals surface area (Å²) >= 11 is 0. The van der Waals surface area contributed by atoms with Gasteiger partial charge in [0.1, 0.15) is 5.92 Å². The molecule has 1 aliphatic heterocycles. The van der Waals surface area contributed by atoms with E-state index in [9.17, 15) is 19.8 Å². The van der Waals surface area contributed by atoms with Crippen molar-refractivity contribution < 1.29 is 24.5 Å². The van der Waals surface area contributed by atoms with Crippen molar-refractivity contribution in [1.82, 2.24) is 0 Å². The van der Waals surface area contributed by atoms with Crippen LogP contribution in [0.3, 0.4) is 0 Å². The maximum absolute atomic E-state index is 12.7. The summed E-state index contributed by atoms with van der Waals surface area (Å²) in [7, 11) is 0. The number of carbonyl (C=O) groups is 2. The third-order valence-electron chi connectivity index (χ3n) is 4.58. The van der Waals surface area contributed by atoms with Crippen molar-refractivity contribution in [3.05, 3.63) is 35.4 Å². The summed E-state index contributed by atoms with van der Waals surface area (Å²) in [5.74, 6) is -2.74. The summed E-state index contributed by atoms with van der Waals surface area (Å²) in [6.45, 7) is 3.67. The van der Waals surface area contributed by atoms with Gasteiger partial charge in [-0.15, -0.1) is 0 Å². The zero-order valence-corrected chi connectivity index (χ0v) is 13.1. The average Bonchev–Trinajstić information content (AvgIpc) is 2.83. The molecule has 0 fully saturated rings. The molecule has 1 heterocycles. The van der Waals surface area contributed by atoms with E-state index in [-0.39, 0.29) is 23.4 Å². The van der Waals surface area contributed by atoms with Gasteiger partial charge in [0, 0.05) is 16.8 Å². The summed E-state index contributed by atoms with van der Waals surface area (Å²) in [6, 6.07) is 6.33. The highest BCUT2D eigenvalue weighted by Crippen LogP contribution is 2.53. The Morgan fingerprint density at radius 3 is 2.74 bits per heavy atom. The van der Waals surface area contributed by atoms with Crippen molar-refractivity contribution in [2.45, 2.75) is 38.0 Å². The van der Waals surface area contributed by atoms with Gasteiger partial charge in [0.2, 0.25) is 11.5 Å². The number of esters is 1. The maximum atomic E-state index is 12.7. The highest BCUT2D eigenvalue weighted by Gasteiger charge is 2.72. The Morgan fingerprint density at radius 2 is 2.04 bits per heavy atom. The molecule has 1 aliphatic carbocycles. The van der Waals surface area contributed by atoms with Crippen LogP contribution >= 0.6 is 0 Å². The number of benzene rings is 1. The molecule has 1 aromatic rings. The smallest absolute Gasteiger partial charge is 0.318 e. The highest BCUT2D eigenvalue weighted by atomic mass is 16.5. The largest absolute Gasteiger partial charge is 0.465 e. The second-order valence-electron chi connectivity index (χ2n) is 6.02. The fourth-order valence-electron chi connectivity index (χ4n) is 3.40. The van der Waals surface area contributed by atoms with E-state index in [1.165, 1.54) is 19.1 Å². The minimum Gasteiger partial charge on any atom is -0.465 e. The van der Waals surface area contributed by atoms with Gasteiger partial charge in [0.15, 0.2) is 5.60 Å². The minimum absolute atomic E-state index is 0.181. The Kier molecular flexibility index (Phi) is 3.61. The zero-order valence-electron chi connectivity index (χ0n) is 13.1. The Labute approximate surface area is 133 Å². The van der Waals surface area contributed by atoms with Crippen LogP contribution in [-0.2, 0) is 15.3 Å². The van der Waals surface area contributed by atoms with Crippen LogP contribution in [0, 0.1) is 5.92 Å². The quantitative estimate of drug-likeness (QED) is 0.642. The number of rotatable bonds is 4. The van der Waals surface area contributed by atoms with Crippen molar-refractivity contribution in [3.8, 4) is 0 Å². The molecule has 0 radical (unpaired) electrons. The number of unbranched alkanes of at least 4 members (excludes halogenated alkanes) is 1. The second kappa shape index (κ2) is 5.25. The van der Waals surface area contributed by atoms with E-state index in [0.717, 1.165) is 6.42 Å². The molecule has 1 aromatic carbocycles. The molecule has 0 spiro atoms. The molecular formula is C17H19NO5. The number of fused-ring (bicyclic) bond motifs is 3. The number of aliphatic hydroxyl groups is 2. The van der Waals surface area contributed by atoms with E-state index in [1.54, 1.807) is 12.1 Å². The van der Waals surface area contributed by atoms with Gasteiger partial charge < -0.3 is 14.9 Å². The summed E-state index contributed by atoms with van der Waals surface area (Å²) < 4.78 is 5.16. The monoisotopic (exact) mass is 317 g/mol. The SMILES string of the molecule is CCCCOC(=O)[C@H]1C(C)=N[C@]2(O)c3ccccc3C(=O)[C@]12O. The molecule has 6 nitrogen and oxygen atoms in total. The number of ether oxygens (including phenoxy) is 1. The van der Waals surface area contributed by atoms with Crippen LogP contribution in [0.2, 0.25) is 0 Å². The van der Waals surface area contributed by atoms with Crippen molar-refractivity contribution in [2.75, 3.05) is 6.61 Å². The molecule has 0 saturated heterocycles. The van der Waals surface area contributed by atoms with Crippen molar-refractivity contribution in [3.63, 3.8) is 0 Å². The molecule has 122 valence electrons. The molecule has 0 amide bonds. The number of Topliss-reactive ketones (excluding diaryl/α,β-unsaturated/α-hetero) is 1. The Bertz CT molecular complexity index is 713. The third kappa shape index (κ3) is 1.91. The van der Waals surface area contributed by atoms with Gasteiger partial charge >= 0.3 is 5.97 Å². The van der Waals surface area contributed by atoms with E-state index in [2.05, 4.69) is 4.99 Å². The number of nitrogens with zero attached hydrogens (tertiary/aromatic N) is 1. The predicted octanol–water partition coefficient (Wildman–Crippen LogP) is 1.19. The third-order valence-corrected chi connectivity index (χ3v) is 4.58. The lowest BCUT2D eigenvalue weighted by Crippen LogP contribution is -2.56. The second-order valence-corrected chi connectivity index (χ2v) is 6.02. The van der Waals surface area contributed by atoms with Gasteiger partial charge in [-0.2, -0.15) is 0 Å². The predicted molar refractivity (Wildman–Crippen MR) is 82.1 cm³/mol. The molecular weight excluding hydrogens is 298 g/mol.